The Morgan fingerprint density at radius 3 is 1.74 bits per heavy atom. The molecule has 2 rings (SSSR count). The Kier molecular flexibility index (Phi) is 16.2. The van der Waals surface area contributed by atoms with Crippen LogP contribution in [-0.2, 0) is 0 Å². The maximum Gasteiger partial charge on any atom is 0.251 e. The molecule has 0 saturated heterocycles. The van der Waals surface area contributed by atoms with Gasteiger partial charge < -0.3 is 14.8 Å². The van der Waals surface area contributed by atoms with E-state index < -0.39 is 0 Å². The van der Waals surface area contributed by atoms with Crippen LogP contribution in [0.5, 0.6) is 11.5 Å². The molecule has 4 heteroatoms. The number of rotatable bonds is 21. The van der Waals surface area contributed by atoms with E-state index in [0.717, 1.165) is 18.7 Å². The molecule has 2 aromatic rings. The molecule has 0 spiro atoms. The van der Waals surface area contributed by atoms with Crippen molar-refractivity contribution >= 4 is 5.91 Å². The van der Waals surface area contributed by atoms with Gasteiger partial charge >= 0.3 is 0 Å². The second-order valence-electron chi connectivity index (χ2n) is 9.39. The van der Waals surface area contributed by atoms with Crippen LogP contribution >= 0.6 is 0 Å². The van der Waals surface area contributed by atoms with Crippen molar-refractivity contribution in [3.8, 4) is 11.5 Å². The quantitative estimate of drug-likeness (QED) is 0.182. The van der Waals surface area contributed by atoms with E-state index in [1.807, 2.05) is 48.5 Å². The summed E-state index contributed by atoms with van der Waals surface area (Å²) in [5.74, 6) is 1.48. The standard InChI is InChI=1S/C31H47NO3/c1-2-3-4-5-6-7-8-9-10-11-12-13-14-18-24-32-31(33)28-20-19-23-30(27-28)35-26-25-34-29-21-16-15-17-22-29/h15-17,19-23,27H,2-14,18,24-26H2,1H3,(H,32,33). The van der Waals surface area contributed by atoms with E-state index in [2.05, 4.69) is 12.2 Å². The predicted molar refractivity (Wildman–Crippen MR) is 147 cm³/mol. The molecule has 0 saturated carbocycles. The second kappa shape index (κ2) is 19.8. The Bertz CT molecular complexity index is 778. The average Bonchev–Trinajstić information content (AvgIpc) is 2.89. The third kappa shape index (κ3) is 14.5. The Balaban J connectivity index is 1.44. The summed E-state index contributed by atoms with van der Waals surface area (Å²) < 4.78 is 11.4. The first kappa shape index (κ1) is 28.7. The summed E-state index contributed by atoms with van der Waals surface area (Å²) in [4.78, 5) is 12.5. The average molecular weight is 482 g/mol. The highest BCUT2D eigenvalue weighted by molar-refractivity contribution is 5.94. The Hall–Kier alpha value is -2.49. The van der Waals surface area contributed by atoms with Gasteiger partial charge in [-0.05, 0) is 36.8 Å². The predicted octanol–water partition coefficient (Wildman–Crippen LogP) is 8.36. The normalized spacial score (nSPS) is 10.8. The number of amides is 1. The monoisotopic (exact) mass is 481 g/mol. The highest BCUT2D eigenvalue weighted by Gasteiger charge is 2.06. The number of ether oxygens (including phenoxy) is 2. The van der Waals surface area contributed by atoms with Gasteiger partial charge in [0.1, 0.15) is 24.7 Å². The number of nitrogens with one attached hydrogen (secondary N) is 1. The van der Waals surface area contributed by atoms with Crippen molar-refractivity contribution < 1.29 is 14.3 Å². The molecule has 4 nitrogen and oxygen atoms in total. The van der Waals surface area contributed by atoms with E-state index in [0.29, 0.717) is 24.5 Å². The molecule has 0 bridgehead atoms. The minimum atomic E-state index is -0.0364. The van der Waals surface area contributed by atoms with Crippen LogP contribution in [0, 0.1) is 0 Å². The molecule has 0 fully saturated rings. The van der Waals surface area contributed by atoms with Crippen molar-refractivity contribution in [2.45, 2.75) is 96.8 Å². The van der Waals surface area contributed by atoms with Crippen molar-refractivity contribution in [1.82, 2.24) is 5.32 Å². The van der Waals surface area contributed by atoms with Gasteiger partial charge in [-0.3, -0.25) is 4.79 Å². The van der Waals surface area contributed by atoms with Gasteiger partial charge in [-0.15, -0.1) is 0 Å². The number of para-hydroxylation sites is 1. The Morgan fingerprint density at radius 2 is 1.14 bits per heavy atom. The van der Waals surface area contributed by atoms with Crippen LogP contribution in [0.1, 0.15) is 107 Å². The van der Waals surface area contributed by atoms with Crippen LogP contribution < -0.4 is 14.8 Å². The molecule has 0 unspecified atom stereocenters. The molecule has 0 radical (unpaired) electrons. The third-order valence-corrected chi connectivity index (χ3v) is 6.28. The summed E-state index contributed by atoms with van der Waals surface area (Å²) >= 11 is 0. The molecular weight excluding hydrogens is 434 g/mol. The fourth-order valence-electron chi connectivity index (χ4n) is 4.19. The zero-order valence-corrected chi connectivity index (χ0v) is 21.9. The Morgan fingerprint density at radius 1 is 0.629 bits per heavy atom. The number of unbranched alkanes of at least 4 members (excludes halogenated alkanes) is 13. The van der Waals surface area contributed by atoms with E-state index in [1.54, 1.807) is 6.07 Å². The molecular formula is C31H47NO3. The second-order valence-corrected chi connectivity index (χ2v) is 9.39. The van der Waals surface area contributed by atoms with Gasteiger partial charge in [-0.1, -0.05) is 115 Å². The molecule has 0 heterocycles. The molecule has 0 aromatic heterocycles. The van der Waals surface area contributed by atoms with Gasteiger partial charge in [0.15, 0.2) is 0 Å². The highest BCUT2D eigenvalue weighted by atomic mass is 16.5. The summed E-state index contributed by atoms with van der Waals surface area (Å²) in [7, 11) is 0. The summed E-state index contributed by atoms with van der Waals surface area (Å²) in [6.45, 7) is 3.89. The lowest BCUT2D eigenvalue weighted by molar-refractivity contribution is 0.0952. The maximum absolute atomic E-state index is 12.5. The molecule has 0 atom stereocenters. The number of hydrogen-bond donors (Lipinski definition) is 1. The maximum atomic E-state index is 12.5. The van der Waals surface area contributed by atoms with Gasteiger partial charge in [0.25, 0.3) is 5.91 Å². The SMILES string of the molecule is CCCCCCCCCCCCCCCCNC(=O)c1cccc(OCCOc2ccccc2)c1. The van der Waals surface area contributed by atoms with E-state index >= 15 is 0 Å². The lowest BCUT2D eigenvalue weighted by Gasteiger charge is -2.10. The van der Waals surface area contributed by atoms with Crippen LogP contribution in [0.15, 0.2) is 54.6 Å². The van der Waals surface area contributed by atoms with Crippen LogP contribution in [-0.4, -0.2) is 25.7 Å². The van der Waals surface area contributed by atoms with Gasteiger partial charge in [-0.25, -0.2) is 0 Å². The van der Waals surface area contributed by atoms with Crippen molar-refractivity contribution in [2.24, 2.45) is 0 Å². The van der Waals surface area contributed by atoms with Crippen molar-refractivity contribution in [3.05, 3.63) is 60.2 Å². The topological polar surface area (TPSA) is 47.6 Å². The van der Waals surface area contributed by atoms with Crippen LogP contribution in [0.3, 0.4) is 0 Å². The van der Waals surface area contributed by atoms with Crippen LogP contribution in [0.4, 0.5) is 0 Å². The molecule has 0 aliphatic heterocycles. The number of carbonyl (C=O) groups excluding carboxylic acids is 1. The zero-order valence-electron chi connectivity index (χ0n) is 21.9. The van der Waals surface area contributed by atoms with Crippen molar-refractivity contribution in [2.75, 3.05) is 19.8 Å². The number of hydrogen-bond acceptors (Lipinski definition) is 3. The molecule has 35 heavy (non-hydrogen) atoms. The first-order valence-electron chi connectivity index (χ1n) is 14.0. The molecule has 194 valence electrons. The van der Waals surface area contributed by atoms with Crippen molar-refractivity contribution in [3.63, 3.8) is 0 Å². The minimum absolute atomic E-state index is 0.0364. The molecule has 0 aliphatic carbocycles. The minimum Gasteiger partial charge on any atom is -0.490 e. The fourth-order valence-corrected chi connectivity index (χ4v) is 4.19. The van der Waals surface area contributed by atoms with E-state index in [4.69, 9.17) is 9.47 Å². The first-order valence-corrected chi connectivity index (χ1v) is 14.0. The number of benzene rings is 2. The number of carbonyl (C=O) groups is 1. The van der Waals surface area contributed by atoms with Gasteiger partial charge in [0.05, 0.1) is 0 Å². The highest BCUT2D eigenvalue weighted by Crippen LogP contribution is 2.15. The van der Waals surface area contributed by atoms with Crippen molar-refractivity contribution in [1.29, 1.82) is 0 Å². The van der Waals surface area contributed by atoms with E-state index in [1.165, 1.54) is 83.5 Å². The summed E-state index contributed by atoms with van der Waals surface area (Å²) in [6.07, 6.45) is 18.8. The van der Waals surface area contributed by atoms with Gasteiger partial charge in [0, 0.05) is 12.1 Å². The van der Waals surface area contributed by atoms with E-state index in [9.17, 15) is 4.79 Å². The first-order chi connectivity index (χ1) is 17.3. The summed E-state index contributed by atoms with van der Waals surface area (Å²) in [5.41, 5.74) is 0.636. The van der Waals surface area contributed by atoms with E-state index in [-0.39, 0.29) is 5.91 Å². The third-order valence-electron chi connectivity index (χ3n) is 6.28. The largest absolute Gasteiger partial charge is 0.490 e. The van der Waals surface area contributed by atoms with Crippen LogP contribution in [0.2, 0.25) is 0 Å². The lowest BCUT2D eigenvalue weighted by atomic mass is 10.0. The smallest absolute Gasteiger partial charge is 0.251 e. The van der Waals surface area contributed by atoms with Gasteiger partial charge in [0.2, 0.25) is 0 Å². The zero-order chi connectivity index (χ0) is 24.8. The fraction of sp³-hybridized carbons (Fsp3) is 0.581. The molecule has 1 N–H and O–H groups in total. The Labute approximate surface area is 213 Å². The van der Waals surface area contributed by atoms with Gasteiger partial charge in [-0.2, -0.15) is 0 Å². The van der Waals surface area contributed by atoms with Crippen LogP contribution in [0.25, 0.3) is 0 Å². The molecule has 0 aliphatic rings. The molecule has 2 aromatic carbocycles. The summed E-state index contributed by atoms with van der Waals surface area (Å²) in [6, 6.07) is 17.0. The lowest BCUT2D eigenvalue weighted by Crippen LogP contribution is -2.24. The summed E-state index contributed by atoms with van der Waals surface area (Å²) in [5, 5.41) is 3.04. The molecule has 1 amide bonds.